The summed E-state index contributed by atoms with van der Waals surface area (Å²) < 4.78 is 5.58. The van der Waals surface area contributed by atoms with Crippen LogP contribution in [-0.2, 0) is 6.42 Å². The van der Waals surface area contributed by atoms with Gasteiger partial charge in [-0.15, -0.1) is 24.0 Å². The third-order valence-corrected chi connectivity index (χ3v) is 3.82. The summed E-state index contributed by atoms with van der Waals surface area (Å²) in [6.45, 7) is 6.00. The van der Waals surface area contributed by atoms with Crippen LogP contribution >= 0.6 is 24.0 Å². The van der Waals surface area contributed by atoms with Crippen molar-refractivity contribution in [3.8, 4) is 11.5 Å². The van der Waals surface area contributed by atoms with Crippen molar-refractivity contribution in [2.24, 2.45) is 4.99 Å². The number of guanidine groups is 1. The maximum absolute atomic E-state index is 5.58. The lowest BCUT2D eigenvalue weighted by molar-refractivity contribution is 0.572. The van der Waals surface area contributed by atoms with E-state index in [-0.39, 0.29) is 24.0 Å². The van der Waals surface area contributed by atoms with Crippen LogP contribution in [0, 0.1) is 6.92 Å². The number of nitrogens with zero attached hydrogens (tertiary/aromatic N) is 2. The van der Waals surface area contributed by atoms with Gasteiger partial charge in [0.2, 0.25) is 5.89 Å². The Hall–Kier alpha value is -1.57. The van der Waals surface area contributed by atoms with E-state index in [4.69, 9.17) is 4.42 Å². The lowest BCUT2D eigenvalue weighted by atomic mass is 10.1. The molecule has 0 aliphatic rings. The average molecular weight is 456 g/mol. The van der Waals surface area contributed by atoms with Gasteiger partial charge in [0.15, 0.2) is 5.96 Å². The summed E-state index contributed by atoms with van der Waals surface area (Å²) in [6, 6.07) is 8.19. The highest BCUT2D eigenvalue weighted by molar-refractivity contribution is 14.0. The summed E-state index contributed by atoms with van der Waals surface area (Å²) in [5.74, 6) is 1.51. The number of oxazole rings is 1. The Morgan fingerprint density at radius 1 is 1.12 bits per heavy atom. The highest BCUT2D eigenvalue weighted by Crippen LogP contribution is 2.19. The Morgan fingerprint density at radius 2 is 1.84 bits per heavy atom. The van der Waals surface area contributed by atoms with Crippen LogP contribution in [0.1, 0.15) is 37.4 Å². The molecule has 0 bridgehead atoms. The second kappa shape index (κ2) is 11.9. The standard InChI is InChI=1S/C19H28N4O.HI/c1-4-5-6-12-21-19(20-3)22-13-11-17-14-24-18(23-17)16-9-7-15(2)8-10-16;/h7-10,14H,4-6,11-13H2,1-3H3,(H2,20,21,22);1H. The number of rotatable bonds is 8. The van der Waals surface area contributed by atoms with E-state index in [2.05, 4.69) is 46.6 Å². The molecule has 1 heterocycles. The van der Waals surface area contributed by atoms with Crippen molar-refractivity contribution in [1.29, 1.82) is 0 Å². The predicted octanol–water partition coefficient (Wildman–Crippen LogP) is 4.17. The minimum absolute atomic E-state index is 0. The summed E-state index contributed by atoms with van der Waals surface area (Å²) in [6.07, 6.45) is 6.16. The largest absolute Gasteiger partial charge is 0.444 e. The third-order valence-electron chi connectivity index (χ3n) is 3.82. The van der Waals surface area contributed by atoms with Crippen LogP contribution in [0.25, 0.3) is 11.5 Å². The van der Waals surface area contributed by atoms with Crippen molar-refractivity contribution < 1.29 is 4.42 Å². The van der Waals surface area contributed by atoms with Gasteiger partial charge in [-0.3, -0.25) is 4.99 Å². The Kier molecular flexibility index (Phi) is 10.2. The van der Waals surface area contributed by atoms with Crippen LogP contribution in [-0.4, -0.2) is 31.1 Å². The first-order valence-corrected chi connectivity index (χ1v) is 8.69. The topological polar surface area (TPSA) is 62.5 Å². The molecule has 1 aromatic carbocycles. The minimum atomic E-state index is 0. The molecule has 0 aliphatic heterocycles. The summed E-state index contributed by atoms with van der Waals surface area (Å²) in [5, 5.41) is 6.63. The van der Waals surface area contributed by atoms with E-state index < -0.39 is 0 Å². The fraction of sp³-hybridized carbons (Fsp3) is 0.474. The molecule has 1 aromatic heterocycles. The number of aromatic nitrogens is 1. The summed E-state index contributed by atoms with van der Waals surface area (Å²) in [7, 11) is 1.79. The number of benzene rings is 1. The van der Waals surface area contributed by atoms with Gasteiger partial charge in [0.1, 0.15) is 6.26 Å². The van der Waals surface area contributed by atoms with E-state index in [1.54, 1.807) is 13.3 Å². The van der Waals surface area contributed by atoms with Gasteiger partial charge in [-0.25, -0.2) is 4.98 Å². The number of nitrogens with one attached hydrogen (secondary N) is 2. The van der Waals surface area contributed by atoms with Gasteiger partial charge in [-0.2, -0.15) is 0 Å². The summed E-state index contributed by atoms with van der Waals surface area (Å²) in [4.78, 5) is 8.78. The molecule has 0 saturated carbocycles. The number of unbranched alkanes of at least 4 members (excludes halogenated alkanes) is 2. The van der Waals surface area contributed by atoms with Gasteiger partial charge in [0, 0.05) is 32.1 Å². The van der Waals surface area contributed by atoms with E-state index in [1.165, 1.54) is 24.8 Å². The van der Waals surface area contributed by atoms with Crippen LogP contribution in [0.4, 0.5) is 0 Å². The smallest absolute Gasteiger partial charge is 0.226 e. The maximum atomic E-state index is 5.58. The molecule has 25 heavy (non-hydrogen) atoms. The Bertz CT molecular complexity index is 637. The molecule has 0 aliphatic carbocycles. The molecular formula is C19H29IN4O. The second-order valence-electron chi connectivity index (χ2n) is 5.89. The second-order valence-corrected chi connectivity index (χ2v) is 5.89. The fourth-order valence-electron chi connectivity index (χ4n) is 2.36. The number of aryl methyl sites for hydroxylation is 1. The lowest BCUT2D eigenvalue weighted by Gasteiger charge is -2.10. The monoisotopic (exact) mass is 456 g/mol. The normalized spacial score (nSPS) is 11.1. The molecule has 0 radical (unpaired) electrons. The molecule has 0 unspecified atom stereocenters. The molecule has 6 heteroatoms. The van der Waals surface area contributed by atoms with Crippen molar-refractivity contribution in [3.63, 3.8) is 0 Å². The molecule has 0 amide bonds. The van der Waals surface area contributed by atoms with Gasteiger partial charge in [0.25, 0.3) is 0 Å². The van der Waals surface area contributed by atoms with Crippen LogP contribution in [0.5, 0.6) is 0 Å². The summed E-state index contributed by atoms with van der Waals surface area (Å²) in [5.41, 5.74) is 3.18. The average Bonchev–Trinajstić information content (AvgIpc) is 3.06. The van der Waals surface area contributed by atoms with Gasteiger partial charge < -0.3 is 15.1 Å². The number of aliphatic imine (C=N–C) groups is 1. The SMILES string of the molecule is CCCCCNC(=NC)NCCc1coc(-c2ccc(C)cc2)n1.I. The van der Waals surface area contributed by atoms with Gasteiger partial charge >= 0.3 is 0 Å². The van der Waals surface area contributed by atoms with Crippen molar-refractivity contribution in [1.82, 2.24) is 15.6 Å². The molecule has 2 N–H and O–H groups in total. The Morgan fingerprint density at radius 3 is 2.52 bits per heavy atom. The number of halogens is 1. The fourth-order valence-corrected chi connectivity index (χ4v) is 2.36. The van der Waals surface area contributed by atoms with Crippen molar-refractivity contribution in [2.45, 2.75) is 39.5 Å². The highest BCUT2D eigenvalue weighted by atomic mass is 127. The Labute approximate surface area is 167 Å². The van der Waals surface area contributed by atoms with E-state index in [0.29, 0.717) is 5.89 Å². The molecule has 0 fully saturated rings. The number of hydrogen-bond acceptors (Lipinski definition) is 3. The first kappa shape index (κ1) is 21.5. The lowest BCUT2D eigenvalue weighted by Crippen LogP contribution is -2.38. The molecular weight excluding hydrogens is 427 g/mol. The Balaban J connectivity index is 0.00000312. The van der Waals surface area contributed by atoms with E-state index in [0.717, 1.165) is 36.7 Å². The summed E-state index contributed by atoms with van der Waals surface area (Å²) >= 11 is 0. The van der Waals surface area contributed by atoms with Gasteiger partial charge in [0.05, 0.1) is 5.69 Å². The first-order valence-electron chi connectivity index (χ1n) is 8.69. The predicted molar refractivity (Wildman–Crippen MR) is 115 cm³/mol. The van der Waals surface area contributed by atoms with Gasteiger partial charge in [-0.05, 0) is 25.5 Å². The van der Waals surface area contributed by atoms with Gasteiger partial charge in [-0.1, -0.05) is 37.5 Å². The van der Waals surface area contributed by atoms with Crippen LogP contribution in [0.2, 0.25) is 0 Å². The molecule has 2 rings (SSSR count). The zero-order chi connectivity index (χ0) is 17.2. The van der Waals surface area contributed by atoms with Crippen LogP contribution in [0.15, 0.2) is 39.9 Å². The third kappa shape index (κ3) is 7.46. The molecule has 0 atom stereocenters. The molecule has 0 saturated heterocycles. The maximum Gasteiger partial charge on any atom is 0.226 e. The minimum Gasteiger partial charge on any atom is -0.444 e. The van der Waals surface area contributed by atoms with Crippen LogP contribution in [0.3, 0.4) is 0 Å². The molecule has 2 aromatic rings. The molecule has 0 spiro atoms. The van der Waals surface area contributed by atoms with Crippen LogP contribution < -0.4 is 10.6 Å². The first-order chi connectivity index (χ1) is 11.7. The highest BCUT2D eigenvalue weighted by Gasteiger charge is 2.06. The zero-order valence-electron chi connectivity index (χ0n) is 15.3. The van der Waals surface area contributed by atoms with Crippen molar-refractivity contribution >= 4 is 29.9 Å². The van der Waals surface area contributed by atoms with E-state index >= 15 is 0 Å². The van der Waals surface area contributed by atoms with E-state index in [9.17, 15) is 0 Å². The quantitative estimate of drug-likeness (QED) is 0.271. The van der Waals surface area contributed by atoms with Crippen molar-refractivity contribution in [3.05, 3.63) is 41.8 Å². The zero-order valence-corrected chi connectivity index (χ0v) is 17.7. The van der Waals surface area contributed by atoms with E-state index in [1.807, 2.05) is 12.1 Å². The molecule has 138 valence electrons. The van der Waals surface area contributed by atoms with Crippen molar-refractivity contribution in [2.75, 3.05) is 20.1 Å². The number of hydrogen-bond donors (Lipinski definition) is 2. The molecule has 5 nitrogen and oxygen atoms in total.